The van der Waals surface area contributed by atoms with E-state index in [1.807, 2.05) is 10.9 Å². The van der Waals surface area contributed by atoms with Crippen molar-refractivity contribution in [2.45, 2.75) is 18.8 Å². The summed E-state index contributed by atoms with van der Waals surface area (Å²) in [6.45, 7) is 0. The zero-order chi connectivity index (χ0) is 11.1. The van der Waals surface area contributed by atoms with Gasteiger partial charge < -0.3 is 5.73 Å². The average molecular weight is 279 g/mol. The molecule has 1 saturated carbocycles. The van der Waals surface area contributed by atoms with Gasteiger partial charge in [-0.15, -0.1) is 0 Å². The lowest BCUT2D eigenvalue weighted by molar-refractivity contribution is 0.834. The van der Waals surface area contributed by atoms with E-state index in [2.05, 4.69) is 32.1 Å². The molecule has 0 spiro atoms. The second-order valence-electron chi connectivity index (χ2n) is 4.02. The van der Waals surface area contributed by atoms with Crippen LogP contribution in [0, 0.1) is 0 Å². The molecule has 0 bridgehead atoms. The number of nitrogens with two attached hydrogens (primary N) is 1. The number of rotatable bonds is 2. The molecule has 82 valence electrons. The molecule has 2 heterocycles. The number of anilines is 1. The lowest BCUT2D eigenvalue weighted by atomic mass is 10.3. The van der Waals surface area contributed by atoms with Crippen molar-refractivity contribution in [2.24, 2.45) is 0 Å². The first-order chi connectivity index (χ1) is 7.75. The molecule has 0 amide bonds. The average Bonchev–Trinajstić information content (AvgIpc) is 2.99. The van der Waals surface area contributed by atoms with Crippen LogP contribution in [-0.4, -0.2) is 14.8 Å². The summed E-state index contributed by atoms with van der Waals surface area (Å²) < 4.78 is 2.67. The summed E-state index contributed by atoms with van der Waals surface area (Å²) in [5, 5.41) is 4.54. The molecule has 0 saturated heterocycles. The fraction of sp³-hybridized carbons (Fsp3) is 0.273. The smallest absolute Gasteiger partial charge is 0.105 e. The highest BCUT2D eigenvalue weighted by atomic mass is 79.9. The molecule has 3 rings (SSSR count). The summed E-state index contributed by atoms with van der Waals surface area (Å²) >= 11 is 3.44. The van der Waals surface area contributed by atoms with Crippen LogP contribution in [-0.2, 0) is 0 Å². The molecule has 16 heavy (non-hydrogen) atoms. The van der Waals surface area contributed by atoms with Crippen LogP contribution in [0.15, 0.2) is 29.1 Å². The second-order valence-corrected chi connectivity index (χ2v) is 4.87. The second kappa shape index (κ2) is 3.59. The Bertz CT molecular complexity index is 510. The van der Waals surface area contributed by atoms with Gasteiger partial charge in [-0.25, -0.2) is 4.68 Å². The van der Waals surface area contributed by atoms with E-state index in [4.69, 9.17) is 5.73 Å². The first-order valence-corrected chi connectivity index (χ1v) is 6.00. The summed E-state index contributed by atoms with van der Waals surface area (Å²) in [5.41, 5.74) is 8.54. The Hall–Kier alpha value is -1.36. The SMILES string of the molecule is Nc1cncc(Br)c1-n1ccc(C2CC2)n1. The zero-order valence-corrected chi connectivity index (χ0v) is 10.2. The first kappa shape index (κ1) is 9.84. The molecule has 0 atom stereocenters. The molecule has 1 aliphatic carbocycles. The molecule has 4 nitrogen and oxygen atoms in total. The van der Waals surface area contributed by atoms with Crippen molar-refractivity contribution in [1.29, 1.82) is 0 Å². The van der Waals surface area contributed by atoms with Crippen molar-refractivity contribution < 1.29 is 0 Å². The van der Waals surface area contributed by atoms with Crippen LogP contribution in [0.25, 0.3) is 5.69 Å². The highest BCUT2D eigenvalue weighted by molar-refractivity contribution is 9.10. The number of halogens is 1. The molecule has 0 aliphatic heterocycles. The maximum atomic E-state index is 5.90. The number of hydrogen-bond donors (Lipinski definition) is 1. The predicted octanol–water partition coefficient (Wildman–Crippen LogP) is 2.49. The van der Waals surface area contributed by atoms with Crippen LogP contribution < -0.4 is 5.73 Å². The molecule has 1 aliphatic rings. The molecular formula is C11H11BrN4. The number of nitrogens with zero attached hydrogens (tertiary/aromatic N) is 3. The number of pyridine rings is 1. The van der Waals surface area contributed by atoms with Gasteiger partial charge in [-0.1, -0.05) is 0 Å². The topological polar surface area (TPSA) is 56.7 Å². The van der Waals surface area contributed by atoms with Crippen molar-refractivity contribution in [3.05, 3.63) is 34.8 Å². The van der Waals surface area contributed by atoms with Gasteiger partial charge >= 0.3 is 0 Å². The van der Waals surface area contributed by atoms with E-state index in [0.29, 0.717) is 11.6 Å². The van der Waals surface area contributed by atoms with Crippen molar-refractivity contribution in [2.75, 3.05) is 5.73 Å². The molecule has 0 radical (unpaired) electrons. The van der Waals surface area contributed by atoms with E-state index < -0.39 is 0 Å². The van der Waals surface area contributed by atoms with E-state index in [1.165, 1.54) is 12.8 Å². The third-order valence-electron chi connectivity index (χ3n) is 2.74. The maximum Gasteiger partial charge on any atom is 0.105 e. The van der Waals surface area contributed by atoms with Gasteiger partial charge in [0.05, 0.1) is 22.1 Å². The highest BCUT2D eigenvalue weighted by Crippen LogP contribution is 2.39. The Morgan fingerprint density at radius 3 is 2.88 bits per heavy atom. The molecule has 2 aromatic rings. The van der Waals surface area contributed by atoms with Crippen LogP contribution in [0.2, 0.25) is 0 Å². The Morgan fingerprint density at radius 1 is 1.38 bits per heavy atom. The molecule has 5 heteroatoms. The summed E-state index contributed by atoms with van der Waals surface area (Å²) in [6.07, 6.45) is 7.82. The largest absolute Gasteiger partial charge is 0.396 e. The molecule has 0 aromatic carbocycles. The lowest BCUT2D eigenvalue weighted by Crippen LogP contribution is -2.02. The van der Waals surface area contributed by atoms with Crippen LogP contribution >= 0.6 is 15.9 Å². The number of nitrogen functional groups attached to an aromatic ring is 1. The van der Waals surface area contributed by atoms with Crippen LogP contribution in [0.4, 0.5) is 5.69 Å². The number of hydrogen-bond acceptors (Lipinski definition) is 3. The molecule has 2 aromatic heterocycles. The van der Waals surface area contributed by atoms with Crippen LogP contribution in [0.1, 0.15) is 24.5 Å². The van der Waals surface area contributed by atoms with Crippen LogP contribution in [0.3, 0.4) is 0 Å². The fourth-order valence-electron chi connectivity index (χ4n) is 1.74. The van der Waals surface area contributed by atoms with Crippen molar-refractivity contribution in [3.8, 4) is 5.69 Å². The van der Waals surface area contributed by atoms with E-state index in [0.717, 1.165) is 15.9 Å². The van der Waals surface area contributed by atoms with Gasteiger partial charge in [0.2, 0.25) is 0 Å². The highest BCUT2D eigenvalue weighted by Gasteiger charge is 2.26. The monoisotopic (exact) mass is 278 g/mol. The summed E-state index contributed by atoms with van der Waals surface area (Å²) in [4.78, 5) is 4.01. The summed E-state index contributed by atoms with van der Waals surface area (Å²) in [6, 6.07) is 2.06. The van der Waals surface area contributed by atoms with Crippen molar-refractivity contribution in [1.82, 2.24) is 14.8 Å². The zero-order valence-electron chi connectivity index (χ0n) is 8.60. The summed E-state index contributed by atoms with van der Waals surface area (Å²) in [7, 11) is 0. The fourth-order valence-corrected chi connectivity index (χ4v) is 2.27. The lowest BCUT2D eigenvalue weighted by Gasteiger charge is -2.06. The van der Waals surface area contributed by atoms with Gasteiger partial charge in [-0.2, -0.15) is 5.10 Å². The van der Waals surface area contributed by atoms with Gasteiger partial charge in [0.1, 0.15) is 5.69 Å². The third-order valence-corrected chi connectivity index (χ3v) is 3.32. The van der Waals surface area contributed by atoms with E-state index in [1.54, 1.807) is 12.4 Å². The van der Waals surface area contributed by atoms with Crippen molar-refractivity contribution in [3.63, 3.8) is 0 Å². The van der Waals surface area contributed by atoms with Gasteiger partial charge in [0.15, 0.2) is 0 Å². The normalized spacial score (nSPS) is 15.3. The quantitative estimate of drug-likeness (QED) is 0.918. The van der Waals surface area contributed by atoms with Gasteiger partial charge in [0, 0.05) is 18.3 Å². The Labute approximate surface area is 102 Å². The van der Waals surface area contributed by atoms with E-state index in [-0.39, 0.29) is 0 Å². The summed E-state index contributed by atoms with van der Waals surface area (Å²) in [5.74, 6) is 0.656. The predicted molar refractivity (Wildman–Crippen MR) is 65.4 cm³/mol. The standard InChI is InChI=1S/C11H11BrN4/c12-8-5-14-6-9(13)11(8)16-4-3-10(15-16)7-1-2-7/h3-7H,1-2,13H2. The van der Waals surface area contributed by atoms with Gasteiger partial charge in [-0.05, 0) is 34.8 Å². The first-order valence-electron chi connectivity index (χ1n) is 5.20. The molecule has 2 N–H and O–H groups in total. The molecular weight excluding hydrogens is 268 g/mol. The van der Waals surface area contributed by atoms with E-state index in [9.17, 15) is 0 Å². The molecule has 0 unspecified atom stereocenters. The molecule has 1 fully saturated rings. The minimum atomic E-state index is 0.625. The maximum absolute atomic E-state index is 5.90. The number of aromatic nitrogens is 3. The Kier molecular flexibility index (Phi) is 2.21. The van der Waals surface area contributed by atoms with Gasteiger partial charge in [0.25, 0.3) is 0 Å². The van der Waals surface area contributed by atoms with Gasteiger partial charge in [-0.3, -0.25) is 4.98 Å². The van der Waals surface area contributed by atoms with E-state index >= 15 is 0 Å². The van der Waals surface area contributed by atoms with Crippen molar-refractivity contribution >= 4 is 21.6 Å². The Morgan fingerprint density at radius 2 is 2.19 bits per heavy atom. The van der Waals surface area contributed by atoms with Crippen LogP contribution in [0.5, 0.6) is 0 Å². The Balaban J connectivity index is 2.06. The third kappa shape index (κ3) is 1.61. The minimum Gasteiger partial charge on any atom is -0.396 e. The minimum absolute atomic E-state index is 0.625.